The fourth-order valence-corrected chi connectivity index (χ4v) is 0.951. The number of benzene rings is 1. The molecule has 1 aromatic carbocycles. The van der Waals surface area contributed by atoms with E-state index in [0.717, 1.165) is 12.1 Å². The summed E-state index contributed by atoms with van der Waals surface area (Å²) in [6.07, 6.45) is 0.0307. The highest BCUT2D eigenvalue weighted by Gasteiger charge is 2.03. The molecule has 4 heteroatoms. The molecule has 0 aliphatic heterocycles. The highest BCUT2D eigenvalue weighted by atomic mass is 19.2. The van der Waals surface area contributed by atoms with E-state index in [2.05, 4.69) is 5.32 Å². The SMILES string of the molecule is COC(C)CNc1ccc(F)c(F)c1. The van der Waals surface area contributed by atoms with Crippen molar-refractivity contribution in [3.05, 3.63) is 29.8 Å². The van der Waals surface area contributed by atoms with Gasteiger partial charge in [0.15, 0.2) is 11.6 Å². The first-order chi connectivity index (χ1) is 6.63. The topological polar surface area (TPSA) is 21.3 Å². The third-order valence-corrected chi connectivity index (χ3v) is 1.92. The molecule has 0 saturated heterocycles. The van der Waals surface area contributed by atoms with Gasteiger partial charge in [-0.3, -0.25) is 0 Å². The van der Waals surface area contributed by atoms with Crippen LogP contribution in [0.25, 0.3) is 0 Å². The van der Waals surface area contributed by atoms with E-state index in [0.29, 0.717) is 12.2 Å². The van der Waals surface area contributed by atoms with Crippen molar-refractivity contribution in [1.82, 2.24) is 0 Å². The van der Waals surface area contributed by atoms with E-state index < -0.39 is 11.6 Å². The van der Waals surface area contributed by atoms with E-state index in [1.54, 1.807) is 7.11 Å². The second kappa shape index (κ2) is 4.91. The van der Waals surface area contributed by atoms with E-state index in [4.69, 9.17) is 4.74 Å². The summed E-state index contributed by atoms with van der Waals surface area (Å²) in [6, 6.07) is 3.70. The maximum Gasteiger partial charge on any atom is 0.160 e. The van der Waals surface area contributed by atoms with Gasteiger partial charge in [0, 0.05) is 25.4 Å². The number of ether oxygens (including phenoxy) is 1. The molecule has 1 aromatic rings. The van der Waals surface area contributed by atoms with Gasteiger partial charge in [0.05, 0.1) is 6.10 Å². The third kappa shape index (κ3) is 2.96. The molecular weight excluding hydrogens is 188 g/mol. The standard InChI is InChI=1S/C10H13F2NO/c1-7(14-2)6-13-8-3-4-9(11)10(12)5-8/h3-5,7,13H,6H2,1-2H3. The smallest absolute Gasteiger partial charge is 0.160 e. The number of nitrogens with one attached hydrogen (secondary N) is 1. The summed E-state index contributed by atoms with van der Waals surface area (Å²) < 4.78 is 30.3. The predicted molar refractivity (Wildman–Crippen MR) is 51.3 cm³/mol. The molecule has 0 heterocycles. The second-order valence-corrected chi connectivity index (χ2v) is 3.06. The van der Waals surface area contributed by atoms with E-state index >= 15 is 0 Å². The Morgan fingerprint density at radius 3 is 2.64 bits per heavy atom. The molecule has 0 aromatic heterocycles. The molecule has 0 aliphatic carbocycles. The van der Waals surface area contributed by atoms with Crippen LogP contribution in [0.1, 0.15) is 6.92 Å². The summed E-state index contributed by atoms with van der Waals surface area (Å²) in [7, 11) is 1.59. The molecule has 78 valence electrons. The minimum Gasteiger partial charge on any atom is -0.382 e. The Labute approximate surface area is 81.9 Å². The molecule has 0 saturated carbocycles. The zero-order chi connectivity index (χ0) is 10.6. The normalized spacial score (nSPS) is 12.6. The second-order valence-electron chi connectivity index (χ2n) is 3.06. The van der Waals surface area contributed by atoms with Crippen LogP contribution in [0.2, 0.25) is 0 Å². The van der Waals surface area contributed by atoms with Gasteiger partial charge in [0.25, 0.3) is 0 Å². The predicted octanol–water partition coefficient (Wildman–Crippen LogP) is 2.41. The van der Waals surface area contributed by atoms with E-state index in [1.165, 1.54) is 6.07 Å². The molecule has 0 spiro atoms. The Morgan fingerprint density at radius 1 is 1.36 bits per heavy atom. The maximum absolute atomic E-state index is 12.7. The van der Waals surface area contributed by atoms with Crippen molar-refractivity contribution in [3.8, 4) is 0 Å². The summed E-state index contributed by atoms with van der Waals surface area (Å²) in [5.41, 5.74) is 0.549. The molecule has 1 N–H and O–H groups in total. The maximum atomic E-state index is 12.7. The molecule has 0 fully saturated rings. The lowest BCUT2D eigenvalue weighted by molar-refractivity contribution is 0.129. The molecular formula is C10H13F2NO. The number of rotatable bonds is 4. The zero-order valence-electron chi connectivity index (χ0n) is 8.18. The van der Waals surface area contributed by atoms with E-state index in [-0.39, 0.29) is 6.10 Å². The molecule has 0 radical (unpaired) electrons. The summed E-state index contributed by atoms with van der Waals surface area (Å²) in [5.74, 6) is -1.68. The van der Waals surface area contributed by atoms with Gasteiger partial charge in [-0.15, -0.1) is 0 Å². The largest absolute Gasteiger partial charge is 0.382 e. The minimum atomic E-state index is -0.847. The Morgan fingerprint density at radius 2 is 2.07 bits per heavy atom. The fourth-order valence-electron chi connectivity index (χ4n) is 0.951. The van der Waals surface area contributed by atoms with Crippen LogP contribution in [-0.4, -0.2) is 19.8 Å². The van der Waals surface area contributed by atoms with Crippen molar-refractivity contribution >= 4 is 5.69 Å². The van der Waals surface area contributed by atoms with Crippen LogP contribution in [0, 0.1) is 11.6 Å². The van der Waals surface area contributed by atoms with Gasteiger partial charge in [-0.05, 0) is 19.1 Å². The molecule has 1 unspecified atom stereocenters. The van der Waals surface area contributed by atoms with Crippen molar-refractivity contribution in [2.45, 2.75) is 13.0 Å². The van der Waals surface area contributed by atoms with Gasteiger partial charge in [-0.1, -0.05) is 0 Å². The van der Waals surface area contributed by atoms with Crippen molar-refractivity contribution < 1.29 is 13.5 Å². The Balaban J connectivity index is 2.55. The van der Waals surface area contributed by atoms with Gasteiger partial charge < -0.3 is 10.1 Å². The summed E-state index contributed by atoms with van der Waals surface area (Å²) in [5, 5.41) is 2.93. The lowest BCUT2D eigenvalue weighted by atomic mass is 10.3. The Bertz CT molecular complexity index is 304. The van der Waals surface area contributed by atoms with Crippen LogP contribution < -0.4 is 5.32 Å². The molecule has 1 rings (SSSR count). The van der Waals surface area contributed by atoms with Crippen molar-refractivity contribution in [2.24, 2.45) is 0 Å². The third-order valence-electron chi connectivity index (χ3n) is 1.92. The average molecular weight is 201 g/mol. The molecule has 0 bridgehead atoms. The first kappa shape index (κ1) is 10.9. The minimum absolute atomic E-state index is 0.0307. The van der Waals surface area contributed by atoms with Crippen molar-refractivity contribution in [1.29, 1.82) is 0 Å². The molecule has 0 amide bonds. The van der Waals surface area contributed by atoms with Crippen LogP contribution in [0.4, 0.5) is 14.5 Å². The lowest BCUT2D eigenvalue weighted by Gasteiger charge is -2.11. The summed E-state index contributed by atoms with van der Waals surface area (Å²) in [4.78, 5) is 0. The van der Waals surface area contributed by atoms with Crippen LogP contribution in [0.5, 0.6) is 0 Å². The molecule has 14 heavy (non-hydrogen) atoms. The highest BCUT2D eigenvalue weighted by Crippen LogP contribution is 2.12. The van der Waals surface area contributed by atoms with Crippen LogP contribution in [0.3, 0.4) is 0 Å². The fraction of sp³-hybridized carbons (Fsp3) is 0.400. The molecule has 0 aliphatic rings. The summed E-state index contributed by atoms with van der Waals surface area (Å²) >= 11 is 0. The van der Waals surface area contributed by atoms with Gasteiger partial charge in [-0.25, -0.2) is 8.78 Å². The van der Waals surface area contributed by atoms with Gasteiger partial charge >= 0.3 is 0 Å². The zero-order valence-corrected chi connectivity index (χ0v) is 8.18. The summed E-state index contributed by atoms with van der Waals surface area (Å²) in [6.45, 7) is 2.44. The van der Waals surface area contributed by atoms with E-state index in [1.807, 2.05) is 6.92 Å². The van der Waals surface area contributed by atoms with Gasteiger partial charge in [0.2, 0.25) is 0 Å². The van der Waals surface area contributed by atoms with Crippen molar-refractivity contribution in [2.75, 3.05) is 19.0 Å². The lowest BCUT2D eigenvalue weighted by Crippen LogP contribution is -2.18. The quantitative estimate of drug-likeness (QED) is 0.807. The Kier molecular flexibility index (Phi) is 3.83. The van der Waals surface area contributed by atoms with Gasteiger partial charge in [0.1, 0.15) is 0 Å². The average Bonchev–Trinajstić information content (AvgIpc) is 2.19. The van der Waals surface area contributed by atoms with Crippen molar-refractivity contribution in [3.63, 3.8) is 0 Å². The highest BCUT2D eigenvalue weighted by molar-refractivity contribution is 5.43. The van der Waals surface area contributed by atoms with Crippen LogP contribution in [-0.2, 0) is 4.74 Å². The first-order valence-corrected chi connectivity index (χ1v) is 4.35. The van der Waals surface area contributed by atoms with Gasteiger partial charge in [-0.2, -0.15) is 0 Å². The number of hydrogen-bond acceptors (Lipinski definition) is 2. The van der Waals surface area contributed by atoms with Crippen LogP contribution >= 0.6 is 0 Å². The number of hydrogen-bond donors (Lipinski definition) is 1. The molecule has 1 atom stereocenters. The molecule has 2 nitrogen and oxygen atoms in total. The van der Waals surface area contributed by atoms with E-state index in [9.17, 15) is 8.78 Å². The Hall–Kier alpha value is -1.16. The number of methoxy groups -OCH3 is 1. The monoisotopic (exact) mass is 201 g/mol. The van der Waals surface area contributed by atoms with Crippen LogP contribution in [0.15, 0.2) is 18.2 Å². The first-order valence-electron chi connectivity index (χ1n) is 4.35. The number of halogens is 2. The number of anilines is 1.